The number of aromatic nitrogens is 2. The summed E-state index contributed by atoms with van der Waals surface area (Å²) in [5, 5.41) is 0.279. The SMILES string of the molecule is FC(F)(F)c1ccc(-c2nc(Cl)c(Br)c(C3CC3)n2)cc1. The van der Waals surface area contributed by atoms with Crippen molar-refractivity contribution in [1.29, 1.82) is 0 Å². The molecule has 110 valence electrons. The van der Waals surface area contributed by atoms with Gasteiger partial charge in [-0.25, -0.2) is 9.97 Å². The van der Waals surface area contributed by atoms with Gasteiger partial charge in [-0.15, -0.1) is 0 Å². The van der Waals surface area contributed by atoms with Gasteiger partial charge in [-0.1, -0.05) is 23.7 Å². The molecule has 1 aliphatic carbocycles. The molecule has 2 nitrogen and oxygen atoms in total. The van der Waals surface area contributed by atoms with E-state index in [1.807, 2.05) is 0 Å². The molecule has 0 saturated heterocycles. The summed E-state index contributed by atoms with van der Waals surface area (Å²) in [4.78, 5) is 8.57. The lowest BCUT2D eigenvalue weighted by Crippen LogP contribution is -2.04. The van der Waals surface area contributed by atoms with Crippen LogP contribution in [0.5, 0.6) is 0 Å². The fourth-order valence-electron chi connectivity index (χ4n) is 2.00. The molecule has 2 aromatic rings. The molecule has 1 heterocycles. The summed E-state index contributed by atoms with van der Waals surface area (Å²) in [6.45, 7) is 0. The Labute approximate surface area is 132 Å². The maximum atomic E-state index is 12.6. The summed E-state index contributed by atoms with van der Waals surface area (Å²) >= 11 is 9.43. The molecule has 0 bridgehead atoms. The summed E-state index contributed by atoms with van der Waals surface area (Å²) in [7, 11) is 0. The van der Waals surface area contributed by atoms with E-state index in [1.54, 1.807) is 0 Å². The third-order valence-electron chi connectivity index (χ3n) is 3.27. The minimum absolute atomic E-state index is 0.279. The third kappa shape index (κ3) is 3.06. The second kappa shape index (κ2) is 5.25. The van der Waals surface area contributed by atoms with E-state index in [2.05, 4.69) is 25.9 Å². The normalized spacial score (nSPS) is 15.3. The zero-order chi connectivity index (χ0) is 15.2. The van der Waals surface area contributed by atoms with Crippen LogP contribution in [0.1, 0.15) is 30.0 Å². The zero-order valence-electron chi connectivity index (χ0n) is 10.6. The van der Waals surface area contributed by atoms with Crippen LogP contribution in [0.3, 0.4) is 0 Å². The first kappa shape index (κ1) is 14.8. The highest BCUT2D eigenvalue weighted by molar-refractivity contribution is 9.10. The van der Waals surface area contributed by atoms with Crippen LogP contribution >= 0.6 is 27.5 Å². The molecule has 0 spiro atoms. The van der Waals surface area contributed by atoms with Crippen molar-refractivity contribution < 1.29 is 13.2 Å². The average molecular weight is 378 g/mol. The molecular formula is C14H9BrClF3N2. The van der Waals surface area contributed by atoms with Crippen LogP contribution in [0, 0.1) is 0 Å². The van der Waals surface area contributed by atoms with E-state index < -0.39 is 11.7 Å². The van der Waals surface area contributed by atoms with Crippen LogP contribution in [-0.2, 0) is 6.18 Å². The van der Waals surface area contributed by atoms with Crippen LogP contribution in [0.25, 0.3) is 11.4 Å². The summed E-state index contributed by atoms with van der Waals surface area (Å²) in [6, 6.07) is 4.76. The average Bonchev–Trinajstić information content (AvgIpc) is 3.25. The predicted octanol–water partition coefficient (Wildman–Crippen LogP) is 5.46. The summed E-state index contributed by atoms with van der Waals surface area (Å²) in [5.41, 5.74) is 0.640. The zero-order valence-corrected chi connectivity index (χ0v) is 12.9. The molecule has 0 radical (unpaired) electrons. The van der Waals surface area contributed by atoms with E-state index in [1.165, 1.54) is 12.1 Å². The van der Waals surface area contributed by atoms with Crippen molar-refractivity contribution in [2.45, 2.75) is 24.9 Å². The summed E-state index contributed by atoms with van der Waals surface area (Å²) in [5.74, 6) is 0.701. The van der Waals surface area contributed by atoms with Crippen molar-refractivity contribution in [2.24, 2.45) is 0 Å². The number of alkyl halides is 3. The Morgan fingerprint density at radius 1 is 1.10 bits per heavy atom. The lowest BCUT2D eigenvalue weighted by Gasteiger charge is -2.09. The fourth-order valence-corrected chi connectivity index (χ4v) is 2.68. The van der Waals surface area contributed by atoms with Crippen molar-refractivity contribution in [1.82, 2.24) is 9.97 Å². The van der Waals surface area contributed by atoms with Crippen molar-refractivity contribution in [2.75, 3.05) is 0 Å². The van der Waals surface area contributed by atoms with Gasteiger partial charge in [-0.3, -0.25) is 0 Å². The van der Waals surface area contributed by atoms with Crippen LogP contribution < -0.4 is 0 Å². The molecule has 7 heteroatoms. The Bertz CT molecular complexity index is 682. The first-order valence-corrected chi connectivity index (χ1v) is 7.44. The second-order valence-corrected chi connectivity index (χ2v) is 6.04. The van der Waals surface area contributed by atoms with Crippen LogP contribution in [0.15, 0.2) is 28.7 Å². The van der Waals surface area contributed by atoms with Crippen LogP contribution in [0.2, 0.25) is 5.15 Å². The van der Waals surface area contributed by atoms with Crippen molar-refractivity contribution in [3.63, 3.8) is 0 Å². The monoisotopic (exact) mass is 376 g/mol. The quantitative estimate of drug-likeness (QED) is 0.650. The molecule has 0 N–H and O–H groups in total. The van der Waals surface area contributed by atoms with E-state index in [-0.39, 0.29) is 5.15 Å². The molecule has 1 saturated carbocycles. The molecule has 1 fully saturated rings. The maximum Gasteiger partial charge on any atom is 0.416 e. The molecule has 1 aromatic heterocycles. The Hall–Kier alpha value is -1.14. The van der Waals surface area contributed by atoms with Gasteiger partial charge in [0.05, 0.1) is 15.7 Å². The van der Waals surface area contributed by atoms with Gasteiger partial charge >= 0.3 is 6.18 Å². The van der Waals surface area contributed by atoms with Gasteiger partial charge in [0.15, 0.2) is 5.82 Å². The van der Waals surface area contributed by atoms with Gasteiger partial charge in [0.1, 0.15) is 5.15 Å². The molecule has 0 atom stereocenters. The van der Waals surface area contributed by atoms with Gasteiger partial charge in [0, 0.05) is 11.5 Å². The molecule has 0 amide bonds. The van der Waals surface area contributed by atoms with E-state index in [4.69, 9.17) is 11.6 Å². The second-order valence-electron chi connectivity index (χ2n) is 4.89. The highest BCUT2D eigenvalue weighted by Gasteiger charge is 2.31. The van der Waals surface area contributed by atoms with Crippen LogP contribution in [-0.4, -0.2) is 9.97 Å². The van der Waals surface area contributed by atoms with E-state index >= 15 is 0 Å². The fraction of sp³-hybridized carbons (Fsp3) is 0.286. The lowest BCUT2D eigenvalue weighted by atomic mass is 10.1. The molecule has 21 heavy (non-hydrogen) atoms. The Morgan fingerprint density at radius 3 is 2.24 bits per heavy atom. The van der Waals surface area contributed by atoms with Gasteiger partial charge in [-0.2, -0.15) is 13.2 Å². The maximum absolute atomic E-state index is 12.6. The Balaban J connectivity index is 2.00. The summed E-state index contributed by atoms with van der Waals surface area (Å²) in [6.07, 6.45) is -2.27. The molecular weight excluding hydrogens is 369 g/mol. The topological polar surface area (TPSA) is 25.8 Å². The lowest BCUT2D eigenvalue weighted by molar-refractivity contribution is -0.137. The van der Waals surface area contributed by atoms with E-state index in [9.17, 15) is 13.2 Å². The van der Waals surface area contributed by atoms with E-state index in [0.29, 0.717) is 21.8 Å². The van der Waals surface area contributed by atoms with Crippen molar-refractivity contribution >= 4 is 27.5 Å². The Kier molecular flexibility index (Phi) is 3.69. The van der Waals surface area contributed by atoms with Gasteiger partial charge < -0.3 is 0 Å². The molecule has 0 aliphatic heterocycles. The number of hydrogen-bond acceptors (Lipinski definition) is 2. The number of rotatable bonds is 2. The van der Waals surface area contributed by atoms with Gasteiger partial charge in [-0.05, 0) is 40.9 Å². The molecule has 1 aliphatic rings. The molecule has 1 aromatic carbocycles. The number of halogens is 5. The van der Waals surface area contributed by atoms with Gasteiger partial charge in [0.2, 0.25) is 0 Å². The first-order valence-electron chi connectivity index (χ1n) is 6.27. The Morgan fingerprint density at radius 2 is 1.71 bits per heavy atom. The largest absolute Gasteiger partial charge is 0.416 e. The smallest absolute Gasteiger partial charge is 0.231 e. The summed E-state index contributed by atoms with van der Waals surface area (Å²) < 4.78 is 38.3. The van der Waals surface area contributed by atoms with Crippen LogP contribution in [0.4, 0.5) is 13.2 Å². The number of benzene rings is 1. The molecule has 0 unspecified atom stereocenters. The first-order chi connectivity index (χ1) is 9.86. The highest BCUT2D eigenvalue weighted by Crippen LogP contribution is 2.44. The minimum atomic E-state index is -4.35. The third-order valence-corrected chi connectivity index (χ3v) is 4.55. The minimum Gasteiger partial charge on any atom is -0.231 e. The number of nitrogens with zero attached hydrogens (tertiary/aromatic N) is 2. The van der Waals surface area contributed by atoms with Gasteiger partial charge in [0.25, 0.3) is 0 Å². The number of hydrogen-bond donors (Lipinski definition) is 0. The standard InChI is InChI=1S/C14H9BrClF3N2/c15-10-11(7-1-2-7)20-13(21-12(10)16)8-3-5-9(6-4-8)14(17,18)19/h3-7H,1-2H2. The van der Waals surface area contributed by atoms with Crippen molar-refractivity contribution in [3.8, 4) is 11.4 Å². The van der Waals surface area contributed by atoms with Crippen molar-refractivity contribution in [3.05, 3.63) is 45.1 Å². The molecule has 3 rings (SSSR count). The van der Waals surface area contributed by atoms with E-state index in [0.717, 1.165) is 30.7 Å². The highest BCUT2D eigenvalue weighted by atomic mass is 79.9. The predicted molar refractivity (Wildman–Crippen MR) is 77.2 cm³/mol.